The average Bonchev–Trinajstić information content (AvgIpc) is 3.81. The van der Waals surface area contributed by atoms with Crippen LogP contribution in [0.5, 0.6) is 0 Å². The van der Waals surface area contributed by atoms with E-state index in [1.807, 2.05) is 12.4 Å². The molecule has 0 aliphatic carbocycles. The zero-order valence-corrected chi connectivity index (χ0v) is 28.5. The molecule has 2 atom stereocenters. The Morgan fingerprint density at radius 3 is 2.11 bits per heavy atom. The van der Waals surface area contributed by atoms with Crippen molar-refractivity contribution in [1.82, 2.24) is 39.5 Å². The summed E-state index contributed by atoms with van der Waals surface area (Å²) < 4.78 is 5.62. The number of morpholine rings is 1. The maximum Gasteiger partial charge on any atom is 0.320 e. The summed E-state index contributed by atoms with van der Waals surface area (Å²) in [6, 6.07) is 8.56. The molecule has 0 bridgehead atoms. The first kappa shape index (κ1) is 33.8. The lowest BCUT2D eigenvalue weighted by atomic mass is 9.70. The van der Waals surface area contributed by atoms with E-state index in [2.05, 4.69) is 84.6 Å². The largest absolute Gasteiger partial charge is 0.480 e. The van der Waals surface area contributed by atoms with Crippen LogP contribution < -0.4 is 0 Å². The third kappa shape index (κ3) is 8.88. The Balaban J connectivity index is 1.17. The summed E-state index contributed by atoms with van der Waals surface area (Å²) in [7, 11) is 0. The smallest absolute Gasteiger partial charge is 0.320 e. The van der Waals surface area contributed by atoms with Gasteiger partial charge in [0.05, 0.1) is 26.3 Å². The van der Waals surface area contributed by atoms with Gasteiger partial charge in [-0.05, 0) is 67.3 Å². The number of carboxylic acids is 1. The van der Waals surface area contributed by atoms with Crippen molar-refractivity contribution in [2.75, 3.05) is 52.5 Å². The van der Waals surface area contributed by atoms with Gasteiger partial charge in [0, 0.05) is 63.6 Å². The number of aromatic amines is 2. The molecule has 1 aromatic carbocycles. The Labute approximate surface area is 279 Å². The number of ether oxygens (including phenoxy) is 1. The van der Waals surface area contributed by atoms with Crippen LogP contribution in [0.2, 0.25) is 0 Å². The van der Waals surface area contributed by atoms with E-state index in [0.29, 0.717) is 19.6 Å². The molecule has 1 spiro atoms. The van der Waals surface area contributed by atoms with E-state index >= 15 is 0 Å². The second kappa shape index (κ2) is 15.0. The molecule has 0 saturated carbocycles. The van der Waals surface area contributed by atoms with E-state index in [-0.39, 0.29) is 16.9 Å². The first-order valence-corrected chi connectivity index (χ1v) is 17.4. The monoisotopic (exact) mass is 646 g/mol. The number of carbonyl (C=O) groups is 1. The number of H-pyrrole nitrogens is 2. The number of hydrogen-bond acceptors (Lipinski definition) is 8. The number of aromatic nitrogens is 4. The second-order valence-corrected chi connectivity index (χ2v) is 15.2. The molecule has 11 nitrogen and oxygen atoms in total. The van der Waals surface area contributed by atoms with Crippen LogP contribution in [0.3, 0.4) is 0 Å². The van der Waals surface area contributed by atoms with Crippen LogP contribution >= 0.6 is 0 Å². The van der Waals surface area contributed by atoms with E-state index in [1.54, 1.807) is 12.4 Å². The van der Waals surface area contributed by atoms with Crippen molar-refractivity contribution >= 4 is 5.97 Å². The number of nitrogens with one attached hydrogen (secondary N) is 2. The molecule has 3 saturated heterocycles. The number of nitrogens with zero attached hydrogens (tertiary/aromatic N) is 6. The molecule has 2 aromatic heterocycles. The van der Waals surface area contributed by atoms with E-state index in [4.69, 9.17) is 4.74 Å². The molecule has 1 unspecified atom stereocenters. The van der Waals surface area contributed by atoms with E-state index < -0.39 is 12.0 Å². The van der Waals surface area contributed by atoms with Gasteiger partial charge in [0.1, 0.15) is 17.7 Å². The van der Waals surface area contributed by atoms with E-state index in [9.17, 15) is 9.90 Å². The minimum absolute atomic E-state index is 0.0296. The zero-order valence-electron chi connectivity index (χ0n) is 28.5. The van der Waals surface area contributed by atoms with Crippen LogP contribution in [0.15, 0.2) is 49.1 Å². The van der Waals surface area contributed by atoms with Gasteiger partial charge in [-0.1, -0.05) is 45.0 Å². The maximum absolute atomic E-state index is 12.9. The van der Waals surface area contributed by atoms with Gasteiger partial charge in [0.2, 0.25) is 0 Å². The molecule has 3 aliphatic rings. The summed E-state index contributed by atoms with van der Waals surface area (Å²) in [6.45, 7) is 17.3. The molecular weight excluding hydrogens is 592 g/mol. The molecule has 47 heavy (non-hydrogen) atoms. The quantitative estimate of drug-likeness (QED) is 0.251. The summed E-state index contributed by atoms with van der Waals surface area (Å²) in [6.07, 6.45) is 11.1. The van der Waals surface area contributed by atoms with Gasteiger partial charge >= 0.3 is 5.97 Å². The number of benzene rings is 1. The summed E-state index contributed by atoms with van der Waals surface area (Å²) in [4.78, 5) is 37.9. The Morgan fingerprint density at radius 1 is 0.936 bits per heavy atom. The third-order valence-corrected chi connectivity index (χ3v) is 10.4. The number of piperidine rings is 1. The lowest BCUT2D eigenvalue weighted by Gasteiger charge is -2.46. The fourth-order valence-electron chi connectivity index (χ4n) is 8.20. The maximum atomic E-state index is 12.9. The minimum atomic E-state index is -0.682. The van der Waals surface area contributed by atoms with Gasteiger partial charge < -0.3 is 24.7 Å². The summed E-state index contributed by atoms with van der Waals surface area (Å²) >= 11 is 0. The predicted octanol–water partition coefficient (Wildman–Crippen LogP) is 4.21. The lowest BCUT2D eigenvalue weighted by Crippen LogP contribution is -2.50. The van der Waals surface area contributed by atoms with E-state index in [0.717, 1.165) is 96.4 Å². The highest BCUT2D eigenvalue weighted by molar-refractivity contribution is 5.74. The molecule has 3 N–H and O–H groups in total. The van der Waals surface area contributed by atoms with Crippen molar-refractivity contribution < 1.29 is 14.6 Å². The molecule has 6 rings (SSSR count). The highest BCUT2D eigenvalue weighted by Gasteiger charge is 2.54. The van der Waals surface area contributed by atoms with Gasteiger partial charge in [-0.15, -0.1) is 0 Å². The first-order valence-electron chi connectivity index (χ1n) is 17.4. The topological polar surface area (TPSA) is 117 Å². The standard InChI is InChI=1S/C36H54N8O3/c1-35(2,3)27-42-16-9-36(10-17-42)22-30(34(45)46)44(31(36)8-15-41-18-20-47-21-19-41)24-29-6-4-28(5-7-29)23-43(25-32-37-11-12-38-32)26-33-39-13-14-40-33/h4-7,11-14,30-31H,8-10,15-27H2,1-3H3,(H,37,38)(H,39,40)(H,45,46)/t30-,31?/m0/s1. The number of hydrogen-bond donors (Lipinski definition) is 3. The van der Waals surface area contributed by atoms with Crippen molar-refractivity contribution in [2.45, 2.75) is 84.7 Å². The van der Waals surface area contributed by atoms with Crippen molar-refractivity contribution in [3.8, 4) is 0 Å². The highest BCUT2D eigenvalue weighted by Crippen LogP contribution is 2.50. The average molecular weight is 647 g/mol. The summed E-state index contributed by atoms with van der Waals surface area (Å²) in [5, 5.41) is 10.6. The van der Waals surface area contributed by atoms with Gasteiger partial charge in [-0.25, -0.2) is 9.97 Å². The fraction of sp³-hybridized carbons (Fsp3) is 0.639. The van der Waals surface area contributed by atoms with Crippen LogP contribution in [-0.4, -0.2) is 115 Å². The molecule has 0 amide bonds. The Hall–Kier alpha value is -3.09. The molecule has 3 fully saturated rings. The molecule has 256 valence electrons. The van der Waals surface area contributed by atoms with Crippen molar-refractivity contribution in [1.29, 1.82) is 0 Å². The Kier molecular flexibility index (Phi) is 10.8. The van der Waals surface area contributed by atoms with Gasteiger partial charge in [0.25, 0.3) is 0 Å². The summed E-state index contributed by atoms with van der Waals surface area (Å²) in [5.41, 5.74) is 2.66. The third-order valence-electron chi connectivity index (χ3n) is 10.4. The fourth-order valence-corrected chi connectivity index (χ4v) is 8.20. The van der Waals surface area contributed by atoms with Crippen LogP contribution in [0, 0.1) is 10.8 Å². The number of rotatable bonds is 13. The Bertz CT molecular complexity index is 1340. The van der Waals surface area contributed by atoms with Crippen molar-refractivity contribution in [3.63, 3.8) is 0 Å². The molecule has 3 aromatic rings. The minimum Gasteiger partial charge on any atom is -0.480 e. The van der Waals surface area contributed by atoms with Crippen LogP contribution in [0.25, 0.3) is 0 Å². The molecule has 3 aliphatic heterocycles. The second-order valence-electron chi connectivity index (χ2n) is 15.2. The highest BCUT2D eigenvalue weighted by atomic mass is 16.5. The van der Waals surface area contributed by atoms with Crippen molar-refractivity contribution in [3.05, 3.63) is 71.8 Å². The SMILES string of the molecule is CC(C)(C)CN1CCC2(CC1)C[C@@H](C(=O)O)N(Cc1ccc(CN(Cc3ncc[nH]3)Cc3ncc[nH]3)cc1)C2CCN1CCOCC1. The molecule has 11 heteroatoms. The number of carboxylic acid groups (broad SMARTS) is 1. The normalized spacial score (nSPS) is 22.8. The molecular formula is C36H54N8O3. The lowest BCUT2D eigenvalue weighted by molar-refractivity contribution is -0.142. The number of imidazole rings is 2. The van der Waals surface area contributed by atoms with Gasteiger partial charge in [0.15, 0.2) is 0 Å². The predicted molar refractivity (Wildman–Crippen MR) is 181 cm³/mol. The van der Waals surface area contributed by atoms with Crippen LogP contribution in [-0.2, 0) is 35.7 Å². The van der Waals surface area contributed by atoms with Crippen LogP contribution in [0.1, 0.15) is 69.2 Å². The van der Waals surface area contributed by atoms with Gasteiger partial charge in [-0.3, -0.25) is 19.5 Å². The van der Waals surface area contributed by atoms with E-state index in [1.165, 1.54) is 11.1 Å². The van der Waals surface area contributed by atoms with Crippen molar-refractivity contribution in [2.24, 2.45) is 10.8 Å². The molecule has 0 radical (unpaired) electrons. The Morgan fingerprint density at radius 2 is 1.55 bits per heavy atom. The number of likely N-dealkylation sites (tertiary alicyclic amines) is 2. The van der Waals surface area contributed by atoms with Crippen LogP contribution in [0.4, 0.5) is 0 Å². The number of aliphatic carboxylic acids is 1. The first-order chi connectivity index (χ1) is 22.7. The molecule has 5 heterocycles. The summed E-state index contributed by atoms with van der Waals surface area (Å²) in [5.74, 6) is 1.16. The van der Waals surface area contributed by atoms with Gasteiger partial charge in [-0.2, -0.15) is 0 Å². The zero-order chi connectivity index (χ0) is 32.9.